The van der Waals surface area contributed by atoms with E-state index in [9.17, 15) is 0 Å². The first kappa shape index (κ1) is 32.0. The normalized spacial score (nSPS) is 11.6. The summed E-state index contributed by atoms with van der Waals surface area (Å²) in [4.78, 5) is 10.2. The average Bonchev–Trinajstić information content (AvgIpc) is 3.61. The Bertz CT molecular complexity index is 3020. The number of hydrogen-bond acceptors (Lipinski definition) is 2. The molecule has 1 heterocycles. The maximum Gasteiger partial charge on any atom is 0.160 e. The van der Waals surface area contributed by atoms with Crippen LogP contribution in [0.2, 0.25) is 0 Å². The van der Waals surface area contributed by atoms with Crippen molar-refractivity contribution in [2.75, 3.05) is 0 Å². The summed E-state index contributed by atoms with van der Waals surface area (Å²) in [7, 11) is 0. The summed E-state index contributed by atoms with van der Waals surface area (Å²) in [6, 6.07) is 74.0. The fraction of sp³-hybridized carbons (Fsp3) is 0. The van der Waals surface area contributed by atoms with Crippen molar-refractivity contribution in [2.24, 2.45) is 0 Å². The van der Waals surface area contributed by atoms with Gasteiger partial charge >= 0.3 is 0 Å². The van der Waals surface area contributed by atoms with E-state index in [4.69, 9.17) is 9.97 Å². The fourth-order valence-corrected chi connectivity index (χ4v) is 8.61. The van der Waals surface area contributed by atoms with E-state index in [2.05, 4.69) is 194 Å². The highest BCUT2D eigenvalue weighted by Crippen LogP contribution is 2.49. The number of aromatic nitrogens is 2. The van der Waals surface area contributed by atoms with Gasteiger partial charge in [-0.2, -0.15) is 0 Å². The van der Waals surface area contributed by atoms with E-state index in [1.165, 1.54) is 71.6 Å². The summed E-state index contributed by atoms with van der Waals surface area (Å²) < 4.78 is 0. The lowest BCUT2D eigenvalue weighted by molar-refractivity contribution is 1.18. The van der Waals surface area contributed by atoms with E-state index >= 15 is 0 Å². The maximum absolute atomic E-state index is 5.08. The van der Waals surface area contributed by atoms with E-state index in [1.54, 1.807) is 0 Å². The molecule has 1 aliphatic rings. The first-order valence-electron chi connectivity index (χ1n) is 19.2. The van der Waals surface area contributed by atoms with E-state index in [0.717, 1.165) is 33.6 Å². The molecule has 0 saturated heterocycles. The Hall–Kier alpha value is -7.42. The van der Waals surface area contributed by atoms with E-state index in [1.807, 2.05) is 12.1 Å². The van der Waals surface area contributed by atoms with Crippen LogP contribution in [0.1, 0.15) is 0 Å². The summed E-state index contributed by atoms with van der Waals surface area (Å²) in [6.07, 6.45) is 0. The van der Waals surface area contributed by atoms with Gasteiger partial charge in [0.25, 0.3) is 0 Å². The Morgan fingerprint density at radius 1 is 0.268 bits per heavy atom. The molecule has 10 aromatic rings. The minimum absolute atomic E-state index is 0.705. The molecule has 11 rings (SSSR count). The van der Waals surface area contributed by atoms with Gasteiger partial charge in [0.15, 0.2) is 5.82 Å². The summed E-state index contributed by atoms with van der Waals surface area (Å²) in [5.41, 5.74) is 17.4. The summed E-state index contributed by atoms with van der Waals surface area (Å²) in [5, 5.41) is 5.08. The smallest absolute Gasteiger partial charge is 0.160 e. The number of nitrogens with zero attached hydrogens (tertiary/aromatic N) is 2. The molecule has 0 amide bonds. The number of hydrogen-bond donors (Lipinski definition) is 0. The largest absolute Gasteiger partial charge is 0.228 e. The van der Waals surface area contributed by atoms with Crippen LogP contribution < -0.4 is 0 Å². The van der Waals surface area contributed by atoms with Crippen LogP contribution in [0.15, 0.2) is 206 Å². The third kappa shape index (κ3) is 5.34. The van der Waals surface area contributed by atoms with Crippen LogP contribution in [0.5, 0.6) is 0 Å². The lowest BCUT2D eigenvalue weighted by atomic mass is 9.87. The lowest BCUT2D eigenvalue weighted by Crippen LogP contribution is -1.96. The Labute approximate surface area is 326 Å². The zero-order valence-corrected chi connectivity index (χ0v) is 30.5. The zero-order valence-electron chi connectivity index (χ0n) is 30.5. The first-order valence-corrected chi connectivity index (χ1v) is 19.2. The van der Waals surface area contributed by atoms with Crippen LogP contribution in [0.4, 0.5) is 0 Å². The van der Waals surface area contributed by atoms with Gasteiger partial charge in [-0.05, 0) is 89.3 Å². The Morgan fingerprint density at radius 2 is 0.786 bits per heavy atom. The van der Waals surface area contributed by atoms with E-state index < -0.39 is 0 Å². The quantitative estimate of drug-likeness (QED) is 0.172. The maximum atomic E-state index is 5.08. The van der Waals surface area contributed by atoms with Crippen LogP contribution in [0.3, 0.4) is 0 Å². The minimum atomic E-state index is 0.705. The molecule has 0 saturated carbocycles. The van der Waals surface area contributed by atoms with Crippen molar-refractivity contribution in [2.45, 2.75) is 0 Å². The van der Waals surface area contributed by atoms with Crippen LogP contribution in [0.25, 0.3) is 111 Å². The highest BCUT2D eigenvalue weighted by molar-refractivity contribution is 6.18. The standard InChI is InChI=1S/C54H34N2/c1-3-14-37(15-4-1)50-34-51(38-16-5-2-6-17-38)56-54(55-50)39-27-25-36(26-28-39)44-30-29-35-13-7-8-20-43(35)52(44)41-19-11-18-40(33-41)42-31-32-49-46-22-10-9-21-45(46)48-24-12-23-47(42)53(48)49/h1-34H. The Morgan fingerprint density at radius 3 is 1.52 bits per heavy atom. The van der Waals surface area contributed by atoms with Crippen LogP contribution >= 0.6 is 0 Å². The molecule has 1 aromatic heterocycles. The Kier molecular flexibility index (Phi) is 7.53. The highest BCUT2D eigenvalue weighted by atomic mass is 14.9. The summed E-state index contributed by atoms with van der Waals surface area (Å²) in [6.45, 7) is 0. The predicted octanol–water partition coefficient (Wildman–Crippen LogP) is 14.4. The lowest BCUT2D eigenvalue weighted by Gasteiger charge is -2.16. The first-order chi connectivity index (χ1) is 27.8. The third-order valence-corrected chi connectivity index (χ3v) is 11.3. The van der Waals surface area contributed by atoms with Crippen LogP contribution in [0, 0.1) is 0 Å². The van der Waals surface area contributed by atoms with Gasteiger partial charge in [-0.25, -0.2) is 9.97 Å². The van der Waals surface area contributed by atoms with Gasteiger partial charge in [-0.1, -0.05) is 194 Å². The summed E-state index contributed by atoms with van der Waals surface area (Å²) in [5.74, 6) is 0.705. The van der Waals surface area contributed by atoms with E-state index in [0.29, 0.717) is 5.82 Å². The van der Waals surface area contributed by atoms with Gasteiger partial charge < -0.3 is 0 Å². The average molecular weight is 711 g/mol. The predicted molar refractivity (Wildman–Crippen MR) is 234 cm³/mol. The molecular formula is C54H34N2. The van der Waals surface area contributed by atoms with Gasteiger partial charge in [-0.15, -0.1) is 0 Å². The monoisotopic (exact) mass is 710 g/mol. The molecule has 2 nitrogen and oxygen atoms in total. The molecule has 0 radical (unpaired) electrons. The fourth-order valence-electron chi connectivity index (χ4n) is 8.61. The van der Waals surface area contributed by atoms with Crippen molar-refractivity contribution in [1.82, 2.24) is 9.97 Å². The van der Waals surface area contributed by atoms with Crippen molar-refractivity contribution >= 4 is 21.5 Å². The van der Waals surface area contributed by atoms with Crippen molar-refractivity contribution < 1.29 is 0 Å². The number of benzene rings is 9. The summed E-state index contributed by atoms with van der Waals surface area (Å²) >= 11 is 0. The van der Waals surface area contributed by atoms with Gasteiger partial charge in [0, 0.05) is 16.7 Å². The third-order valence-electron chi connectivity index (χ3n) is 11.3. The molecule has 0 fully saturated rings. The van der Waals surface area contributed by atoms with Crippen molar-refractivity contribution in [3.05, 3.63) is 206 Å². The molecular weight excluding hydrogens is 677 g/mol. The molecule has 0 aliphatic heterocycles. The number of rotatable bonds is 6. The number of fused-ring (bicyclic) bond motifs is 4. The molecule has 0 atom stereocenters. The SMILES string of the molecule is c1ccc(-c2cc(-c3ccccc3)nc(-c3ccc(-c4ccc5ccccc5c4-c4cccc(-c5ccc6c7c(cccc57)-c5ccccc5-6)c4)cc3)n2)cc1. The minimum Gasteiger partial charge on any atom is -0.228 e. The van der Waals surface area contributed by atoms with Gasteiger partial charge in [0.1, 0.15) is 0 Å². The van der Waals surface area contributed by atoms with Crippen molar-refractivity contribution in [1.29, 1.82) is 0 Å². The molecule has 0 N–H and O–H groups in total. The van der Waals surface area contributed by atoms with E-state index in [-0.39, 0.29) is 0 Å². The van der Waals surface area contributed by atoms with Crippen LogP contribution in [-0.2, 0) is 0 Å². The van der Waals surface area contributed by atoms with Crippen molar-refractivity contribution in [3.8, 4) is 89.5 Å². The molecule has 0 unspecified atom stereocenters. The second-order valence-electron chi connectivity index (χ2n) is 14.5. The van der Waals surface area contributed by atoms with Gasteiger partial charge in [0.05, 0.1) is 11.4 Å². The van der Waals surface area contributed by atoms with Gasteiger partial charge in [0.2, 0.25) is 0 Å². The Balaban J connectivity index is 1.03. The zero-order chi connectivity index (χ0) is 37.0. The molecule has 56 heavy (non-hydrogen) atoms. The topological polar surface area (TPSA) is 25.8 Å². The molecule has 9 aromatic carbocycles. The molecule has 1 aliphatic carbocycles. The molecule has 0 spiro atoms. The second-order valence-corrected chi connectivity index (χ2v) is 14.5. The van der Waals surface area contributed by atoms with Crippen molar-refractivity contribution in [3.63, 3.8) is 0 Å². The molecule has 2 heteroatoms. The van der Waals surface area contributed by atoms with Gasteiger partial charge in [-0.3, -0.25) is 0 Å². The highest BCUT2D eigenvalue weighted by Gasteiger charge is 2.22. The molecule has 0 bridgehead atoms. The second kappa shape index (κ2) is 13.2. The van der Waals surface area contributed by atoms with Crippen LogP contribution in [-0.4, -0.2) is 9.97 Å². The molecule has 260 valence electrons.